The van der Waals surface area contributed by atoms with Crippen LogP contribution in [0.2, 0.25) is 0 Å². The zero-order valence-electron chi connectivity index (χ0n) is 16.7. The first kappa shape index (κ1) is 22.8. The summed E-state index contributed by atoms with van der Waals surface area (Å²) in [5.74, 6) is -1.49. The van der Waals surface area contributed by atoms with Crippen molar-refractivity contribution >= 4 is 40.5 Å². The Morgan fingerprint density at radius 2 is 1.78 bits per heavy atom. The van der Waals surface area contributed by atoms with Crippen LogP contribution in [0.4, 0.5) is 16.2 Å². The fourth-order valence-corrected chi connectivity index (χ4v) is 4.42. The third kappa shape index (κ3) is 6.06. The van der Waals surface area contributed by atoms with Crippen molar-refractivity contribution in [3.8, 4) is 0 Å². The van der Waals surface area contributed by atoms with Gasteiger partial charge in [-0.25, -0.2) is 4.79 Å². The van der Waals surface area contributed by atoms with Crippen molar-refractivity contribution in [1.82, 2.24) is 4.98 Å². The van der Waals surface area contributed by atoms with E-state index in [0.29, 0.717) is 27.4 Å². The summed E-state index contributed by atoms with van der Waals surface area (Å²) >= 11 is -1.70. The summed E-state index contributed by atoms with van der Waals surface area (Å²) < 4.78 is 13.2. The number of amides is 3. The summed E-state index contributed by atoms with van der Waals surface area (Å²) in [6.45, 7) is 0. The molecule has 0 fully saturated rings. The fraction of sp³-hybridized carbons (Fsp3) is 0.0909. The third-order valence-corrected chi connectivity index (χ3v) is 6.09. The summed E-state index contributed by atoms with van der Waals surface area (Å²) in [7, 11) is 0. The van der Waals surface area contributed by atoms with E-state index in [9.17, 15) is 24.0 Å². The van der Waals surface area contributed by atoms with Gasteiger partial charge < -0.3 is 26.0 Å². The monoisotopic (exact) mass is 452 g/mol. The van der Waals surface area contributed by atoms with Crippen LogP contribution in [0, 0.1) is 0 Å². The van der Waals surface area contributed by atoms with Crippen molar-refractivity contribution in [3.05, 3.63) is 84.2 Å². The molecule has 0 spiro atoms. The molecular formula is C22H20N4O5S. The number of carbonyl (C=O) groups excluding carboxylic acids is 2. The molecular weight excluding hydrogens is 432 g/mol. The van der Waals surface area contributed by atoms with E-state index < -0.39 is 34.3 Å². The maximum Gasteiger partial charge on any atom is 0.316 e. The number of aromatic nitrogens is 1. The molecule has 164 valence electrons. The third-order valence-electron chi connectivity index (χ3n) is 4.41. The van der Waals surface area contributed by atoms with Crippen molar-refractivity contribution in [2.75, 3.05) is 10.6 Å². The molecule has 0 aliphatic rings. The zero-order valence-corrected chi connectivity index (χ0v) is 17.5. The number of carbonyl (C=O) groups is 3. The van der Waals surface area contributed by atoms with Gasteiger partial charge in [-0.05, 0) is 53.6 Å². The Balaban J connectivity index is 1.77. The molecule has 0 saturated carbocycles. The molecule has 3 rings (SSSR count). The number of anilines is 2. The van der Waals surface area contributed by atoms with E-state index in [1.54, 1.807) is 42.6 Å². The average molecular weight is 452 g/mol. The Hall–Kier alpha value is -3.89. The second kappa shape index (κ2) is 10.4. The van der Waals surface area contributed by atoms with Crippen LogP contribution in [0.3, 0.4) is 0 Å². The molecule has 1 heterocycles. The Morgan fingerprint density at radius 1 is 1.03 bits per heavy atom. The predicted octanol–water partition coefficient (Wildman–Crippen LogP) is 3.15. The number of hydrogen-bond acceptors (Lipinski definition) is 5. The minimum absolute atomic E-state index is 0.333. The standard InChI is InChI=1S/C22H20N4O5S/c23-22(30)26-16-8-6-14(7-9-16)21(29)25-17-4-1-5-18(11-17)32(31)19(12-20(27)28)15-3-2-10-24-13-15/h1-11,13,19H,12H2,(H,25,29)(H,27,28)(H3,23,26,30). The first-order valence-electron chi connectivity index (χ1n) is 9.43. The minimum atomic E-state index is -1.70. The molecule has 0 aliphatic carbocycles. The normalized spacial score (nSPS) is 12.4. The van der Waals surface area contributed by atoms with Crippen LogP contribution in [0.15, 0.2) is 78.0 Å². The highest BCUT2D eigenvalue weighted by molar-refractivity contribution is 7.91. The Kier molecular flexibility index (Phi) is 7.42. The largest absolute Gasteiger partial charge is 0.611 e. The number of rotatable bonds is 8. The van der Waals surface area contributed by atoms with Gasteiger partial charge in [0.1, 0.15) is 0 Å². The molecule has 0 aliphatic heterocycles. The number of nitrogens with zero attached hydrogens (tertiary/aromatic N) is 1. The number of primary amides is 1. The summed E-state index contributed by atoms with van der Waals surface area (Å²) in [5.41, 5.74) is 6.80. The van der Waals surface area contributed by atoms with Crippen molar-refractivity contribution in [2.24, 2.45) is 5.73 Å². The average Bonchev–Trinajstić information content (AvgIpc) is 2.77. The maximum absolute atomic E-state index is 13.2. The minimum Gasteiger partial charge on any atom is -0.611 e. The van der Waals surface area contributed by atoms with E-state index in [0.717, 1.165) is 0 Å². The number of urea groups is 1. The van der Waals surface area contributed by atoms with Gasteiger partial charge in [-0.15, -0.1) is 0 Å². The number of carboxylic acids is 1. The van der Waals surface area contributed by atoms with Crippen LogP contribution in [0.25, 0.3) is 0 Å². The SMILES string of the molecule is NC(=O)Nc1ccc(C(=O)Nc2cccc([S+]([O-])C(CC(=O)O)c3cccnc3)c2)cc1. The van der Waals surface area contributed by atoms with E-state index in [1.807, 2.05) is 0 Å². The van der Waals surface area contributed by atoms with Crippen LogP contribution >= 0.6 is 0 Å². The molecule has 0 radical (unpaired) electrons. The van der Waals surface area contributed by atoms with Crippen LogP contribution in [0.5, 0.6) is 0 Å². The Labute approximate surface area is 186 Å². The predicted molar refractivity (Wildman–Crippen MR) is 120 cm³/mol. The van der Waals surface area contributed by atoms with Crippen molar-refractivity contribution in [3.63, 3.8) is 0 Å². The molecule has 0 saturated heterocycles. The Bertz CT molecular complexity index is 1110. The lowest BCUT2D eigenvalue weighted by atomic mass is 10.1. The first-order chi connectivity index (χ1) is 15.3. The van der Waals surface area contributed by atoms with Gasteiger partial charge in [0.25, 0.3) is 5.91 Å². The number of benzene rings is 2. The van der Waals surface area contributed by atoms with E-state index in [2.05, 4.69) is 15.6 Å². The molecule has 5 N–H and O–H groups in total. The molecule has 1 aromatic heterocycles. The molecule has 0 bridgehead atoms. The molecule has 3 aromatic rings. The highest BCUT2D eigenvalue weighted by Gasteiger charge is 2.30. The molecule has 3 amide bonds. The molecule has 32 heavy (non-hydrogen) atoms. The number of hydrogen-bond donors (Lipinski definition) is 4. The van der Waals surface area contributed by atoms with E-state index >= 15 is 0 Å². The van der Waals surface area contributed by atoms with Crippen molar-refractivity contribution < 1.29 is 24.0 Å². The number of pyridine rings is 1. The number of nitrogens with one attached hydrogen (secondary N) is 2. The van der Waals surface area contributed by atoms with Crippen LogP contribution < -0.4 is 16.4 Å². The van der Waals surface area contributed by atoms with Crippen LogP contribution in [0.1, 0.15) is 27.6 Å². The van der Waals surface area contributed by atoms with Crippen LogP contribution in [-0.2, 0) is 16.0 Å². The highest BCUT2D eigenvalue weighted by atomic mass is 32.2. The highest BCUT2D eigenvalue weighted by Crippen LogP contribution is 2.32. The lowest BCUT2D eigenvalue weighted by Gasteiger charge is -2.20. The quantitative estimate of drug-likeness (QED) is 0.384. The fourth-order valence-electron chi connectivity index (χ4n) is 2.96. The number of carboxylic acid groups (broad SMARTS) is 1. The molecule has 2 aromatic carbocycles. The molecule has 2 unspecified atom stereocenters. The molecule has 9 nitrogen and oxygen atoms in total. The van der Waals surface area contributed by atoms with Crippen molar-refractivity contribution in [2.45, 2.75) is 16.6 Å². The smallest absolute Gasteiger partial charge is 0.316 e. The summed E-state index contributed by atoms with van der Waals surface area (Å²) in [5, 5.41) is 13.6. The lowest BCUT2D eigenvalue weighted by molar-refractivity contribution is -0.137. The lowest BCUT2D eigenvalue weighted by Crippen LogP contribution is -2.19. The van der Waals surface area contributed by atoms with E-state index in [4.69, 9.17) is 5.73 Å². The van der Waals surface area contributed by atoms with Crippen LogP contribution in [-0.4, -0.2) is 32.6 Å². The molecule has 10 heteroatoms. The van der Waals surface area contributed by atoms with E-state index in [1.165, 1.54) is 30.5 Å². The van der Waals surface area contributed by atoms with Gasteiger partial charge in [0.15, 0.2) is 10.1 Å². The number of nitrogens with two attached hydrogens (primary N) is 1. The van der Waals surface area contributed by atoms with Gasteiger partial charge in [0, 0.05) is 41.0 Å². The first-order valence-corrected chi connectivity index (χ1v) is 10.6. The summed E-state index contributed by atoms with van der Waals surface area (Å²) in [6, 6.07) is 15.2. The second-order valence-corrected chi connectivity index (χ2v) is 8.35. The van der Waals surface area contributed by atoms with Gasteiger partial charge in [-0.1, -0.05) is 12.1 Å². The zero-order chi connectivity index (χ0) is 23.1. The number of aliphatic carboxylic acids is 1. The van der Waals surface area contributed by atoms with Crippen molar-refractivity contribution in [1.29, 1.82) is 0 Å². The van der Waals surface area contributed by atoms with Gasteiger partial charge in [0.05, 0.1) is 6.42 Å². The van der Waals surface area contributed by atoms with Gasteiger partial charge in [-0.2, -0.15) is 0 Å². The van der Waals surface area contributed by atoms with Gasteiger partial charge >= 0.3 is 12.0 Å². The second-order valence-electron chi connectivity index (χ2n) is 6.72. The Morgan fingerprint density at radius 3 is 2.41 bits per heavy atom. The molecule has 2 atom stereocenters. The van der Waals surface area contributed by atoms with Gasteiger partial charge in [0.2, 0.25) is 0 Å². The topological polar surface area (TPSA) is 157 Å². The van der Waals surface area contributed by atoms with Gasteiger partial charge in [-0.3, -0.25) is 14.6 Å². The summed E-state index contributed by atoms with van der Waals surface area (Å²) in [4.78, 5) is 39.1. The summed E-state index contributed by atoms with van der Waals surface area (Å²) in [6.07, 6.45) is 2.71. The van der Waals surface area contributed by atoms with E-state index in [-0.39, 0.29) is 6.42 Å². The maximum atomic E-state index is 13.2.